The van der Waals surface area contributed by atoms with E-state index in [1.54, 1.807) is 20.4 Å². The van der Waals surface area contributed by atoms with E-state index in [2.05, 4.69) is 149 Å². The fourth-order valence-corrected chi connectivity index (χ4v) is 14.1. The molecule has 2 aliphatic heterocycles. The maximum absolute atomic E-state index is 14.3. The normalized spacial score (nSPS) is 19.7. The Morgan fingerprint density at radius 2 is 1.22 bits per heavy atom. The first-order valence-electron chi connectivity index (χ1n) is 29.1. The molecule has 16 nitrogen and oxygen atoms in total. The summed E-state index contributed by atoms with van der Waals surface area (Å²) < 4.78 is 57.7. The van der Waals surface area contributed by atoms with Gasteiger partial charge in [0, 0.05) is 24.7 Å². The van der Waals surface area contributed by atoms with Crippen LogP contribution in [0.1, 0.15) is 144 Å². The number of aromatic amines is 1. The summed E-state index contributed by atoms with van der Waals surface area (Å²) in [5, 5.41) is 13.8. The molecule has 19 heteroatoms. The molecule has 83 heavy (non-hydrogen) atoms. The molecule has 0 aliphatic carbocycles. The summed E-state index contributed by atoms with van der Waals surface area (Å²) >= 11 is 0. The highest BCUT2D eigenvalue weighted by molar-refractivity contribution is 7.44. The molecule has 1 aromatic heterocycles. The van der Waals surface area contributed by atoms with Crippen molar-refractivity contribution < 1.29 is 37.0 Å². The van der Waals surface area contributed by atoms with E-state index in [9.17, 15) is 14.9 Å². The topological polar surface area (TPSA) is 162 Å². The Morgan fingerprint density at radius 1 is 0.735 bits per heavy atom. The fraction of sp³-hybridized carbons (Fsp3) is 0.547. The number of ether oxygens (including phenoxy) is 4. The van der Waals surface area contributed by atoms with Crippen LogP contribution < -0.4 is 20.7 Å². The Labute approximate surface area is 497 Å². The largest absolute Gasteiger partial charge is 0.497 e. The Kier molecular flexibility index (Phi) is 20.3. The predicted octanol–water partition coefficient (Wildman–Crippen LogP) is 14.2. The molecule has 0 amide bonds. The lowest BCUT2D eigenvalue weighted by atomic mass is 9.80. The molecule has 2 aliphatic rings. The first-order valence-corrected chi connectivity index (χ1v) is 36.0. The number of methoxy groups -OCH3 is 2. The van der Waals surface area contributed by atoms with E-state index in [0.29, 0.717) is 17.1 Å². The van der Waals surface area contributed by atoms with Crippen LogP contribution >= 0.6 is 8.53 Å². The molecule has 3 heterocycles. The minimum Gasteiger partial charge on any atom is -0.497 e. The standard InChI is InChI=1S/C64H93N6O10PSi2/c1-44(2)68(45(3)4)81(76-40-24-39-65)78-54-41-56(77-55(54)43-75-64(48-25-22-21-23-26-48,49-31-35-51(73-15)36-32-49)50-33-37-52(74-16)38-34-50)67-42-53(57(71)66-59(67)72)46-27-29-47(30-28-46)58-69(79-82(17,18)60(5,6)7)62(11,12)63(13,14)70(58)80-83(19,20)61(8,9)10/h21-23,25-38,42,44-45,54-56,58H,24,40-41,43H2,1-20H3,(H,66,71,72)/t54-,55+,56+,81?/m0/s1. The van der Waals surface area contributed by atoms with Crippen LogP contribution in [0.25, 0.3) is 11.1 Å². The molecule has 7 rings (SSSR count). The van der Waals surface area contributed by atoms with E-state index in [0.717, 1.165) is 22.3 Å². The van der Waals surface area contributed by atoms with Crippen LogP contribution in [0.3, 0.4) is 0 Å². The first-order chi connectivity index (χ1) is 38.8. The quantitative estimate of drug-likeness (QED) is 0.0284. The number of rotatable bonds is 23. The molecule has 1 unspecified atom stereocenters. The maximum Gasteiger partial charge on any atom is 0.330 e. The van der Waals surface area contributed by atoms with Crippen molar-refractivity contribution in [3.05, 3.63) is 152 Å². The molecule has 4 atom stereocenters. The lowest BCUT2D eigenvalue weighted by Gasteiger charge is -2.46. The van der Waals surface area contributed by atoms with Crippen molar-refractivity contribution in [1.82, 2.24) is 24.3 Å². The van der Waals surface area contributed by atoms with E-state index in [4.69, 9.17) is 37.0 Å². The molecule has 2 fully saturated rings. The summed E-state index contributed by atoms with van der Waals surface area (Å²) in [6.45, 7) is 39.9. The predicted molar refractivity (Wildman–Crippen MR) is 335 cm³/mol. The van der Waals surface area contributed by atoms with Crippen molar-refractivity contribution in [3.8, 4) is 28.7 Å². The van der Waals surface area contributed by atoms with E-state index < -0.39 is 77.7 Å². The maximum atomic E-state index is 14.3. The van der Waals surface area contributed by atoms with E-state index >= 15 is 0 Å². The van der Waals surface area contributed by atoms with Crippen molar-refractivity contribution in [1.29, 1.82) is 5.26 Å². The van der Waals surface area contributed by atoms with Gasteiger partial charge in [-0.1, -0.05) is 120 Å². The number of nitrogens with one attached hydrogen (secondary N) is 1. The Hall–Kier alpha value is -4.85. The number of H-pyrrole nitrogens is 1. The average Bonchev–Trinajstić information content (AvgIpc) is 1.75. The van der Waals surface area contributed by atoms with Gasteiger partial charge >= 0.3 is 5.69 Å². The molecule has 0 bridgehead atoms. The number of hydrogen-bond acceptors (Lipinski definition) is 14. The van der Waals surface area contributed by atoms with Gasteiger partial charge in [-0.2, -0.15) is 15.4 Å². The zero-order valence-corrected chi connectivity index (χ0v) is 55.8. The summed E-state index contributed by atoms with van der Waals surface area (Å²) in [6.07, 6.45) is -0.913. The van der Waals surface area contributed by atoms with Gasteiger partial charge in [-0.15, -0.1) is 0 Å². The molecule has 1 N–H and O–H groups in total. The molecule has 4 aromatic carbocycles. The van der Waals surface area contributed by atoms with Gasteiger partial charge in [0.25, 0.3) is 14.1 Å². The van der Waals surface area contributed by atoms with Gasteiger partial charge in [0.1, 0.15) is 35.6 Å². The zero-order valence-electron chi connectivity index (χ0n) is 53.0. The molecule has 2 saturated heterocycles. The zero-order chi connectivity index (χ0) is 61.3. The van der Waals surface area contributed by atoms with Crippen LogP contribution in [0.15, 0.2) is 119 Å². The highest BCUT2D eigenvalue weighted by Crippen LogP contribution is 2.55. The van der Waals surface area contributed by atoms with Gasteiger partial charge in [0.05, 0.1) is 62.7 Å². The van der Waals surface area contributed by atoms with Crippen molar-refractivity contribution in [2.45, 2.75) is 199 Å². The van der Waals surface area contributed by atoms with Crippen LogP contribution in [-0.2, 0) is 33.2 Å². The molecule has 0 radical (unpaired) electrons. The number of nitriles is 1. The fourth-order valence-electron chi connectivity index (χ4n) is 10.2. The van der Waals surface area contributed by atoms with Crippen LogP contribution in [0.2, 0.25) is 36.3 Å². The van der Waals surface area contributed by atoms with Crippen LogP contribution in [0, 0.1) is 11.3 Å². The molecule has 0 spiro atoms. The molecule has 452 valence electrons. The van der Waals surface area contributed by atoms with Crippen molar-refractivity contribution in [3.63, 3.8) is 0 Å². The molecule has 5 aromatic rings. The van der Waals surface area contributed by atoms with E-state index in [1.807, 2.05) is 103 Å². The van der Waals surface area contributed by atoms with Crippen LogP contribution in [-0.4, -0.2) is 104 Å². The monoisotopic (exact) mass is 1190 g/mol. The van der Waals surface area contributed by atoms with Gasteiger partial charge in [-0.05, 0) is 144 Å². The summed E-state index contributed by atoms with van der Waals surface area (Å²) in [4.78, 5) is 31.1. The summed E-state index contributed by atoms with van der Waals surface area (Å²) in [7, 11) is -3.33. The summed E-state index contributed by atoms with van der Waals surface area (Å²) in [5.41, 5.74) is 0.899. The summed E-state index contributed by atoms with van der Waals surface area (Å²) in [6, 6.07) is 35.8. The molecular formula is C64H93N6O10PSi2. The Morgan fingerprint density at radius 3 is 1.66 bits per heavy atom. The lowest BCUT2D eigenvalue weighted by Crippen LogP contribution is -2.58. The number of benzene rings is 4. The van der Waals surface area contributed by atoms with E-state index in [-0.39, 0.29) is 53.8 Å². The van der Waals surface area contributed by atoms with Gasteiger partial charge < -0.3 is 37.0 Å². The average molecular weight is 1190 g/mol. The van der Waals surface area contributed by atoms with Crippen molar-refractivity contribution in [2.75, 3.05) is 27.4 Å². The smallest absolute Gasteiger partial charge is 0.330 e. The lowest BCUT2D eigenvalue weighted by molar-refractivity contribution is -0.204. The van der Waals surface area contributed by atoms with Gasteiger partial charge in [-0.3, -0.25) is 14.3 Å². The Bertz CT molecular complexity index is 3010. The number of aromatic nitrogens is 2. The number of hydroxylamine groups is 4. The van der Waals surface area contributed by atoms with Gasteiger partial charge in [-0.25, -0.2) is 9.46 Å². The van der Waals surface area contributed by atoms with Crippen molar-refractivity contribution in [2.24, 2.45) is 0 Å². The molecular weight excluding hydrogens is 1100 g/mol. The minimum atomic E-state index is -2.41. The highest BCUT2D eigenvalue weighted by Gasteiger charge is 2.63. The third-order valence-corrected chi connectivity index (χ3v) is 28.5. The highest BCUT2D eigenvalue weighted by atomic mass is 31.2. The second-order valence-corrected chi connectivity index (χ2v) is 37.4. The van der Waals surface area contributed by atoms with Gasteiger partial charge in [0.15, 0.2) is 0 Å². The van der Waals surface area contributed by atoms with Crippen molar-refractivity contribution >= 4 is 25.2 Å². The molecule has 0 saturated carbocycles. The number of nitrogens with zero attached hydrogens (tertiary/aromatic N) is 5. The second-order valence-electron chi connectivity index (χ2n) is 26.5. The first kappa shape index (κ1) is 65.7. The second kappa shape index (κ2) is 25.6. The Balaban J connectivity index is 1.32. The minimum absolute atomic E-state index is 0.00914. The third kappa shape index (κ3) is 13.6. The number of hydrogen-bond donors (Lipinski definition) is 1. The third-order valence-electron chi connectivity index (χ3n) is 17.8. The van der Waals surface area contributed by atoms with Crippen LogP contribution in [0.5, 0.6) is 11.5 Å². The van der Waals surface area contributed by atoms with Crippen LogP contribution in [0.4, 0.5) is 0 Å². The summed E-state index contributed by atoms with van der Waals surface area (Å²) in [5.74, 6) is 1.37. The van der Waals surface area contributed by atoms with E-state index in [1.165, 1.54) is 4.57 Å². The SMILES string of the molecule is COc1ccc(C(OC[C@H]2O[C@@H](n3cc(-c4ccc(C5N(O[Si](C)(C)C(C)(C)C)C(C)(C)C(C)(C)N5O[Si](C)(C)C(C)(C)C)cc4)c(=O)[nH]c3=O)C[C@@H]2OP(OCCC#N)N(C(C)C)C(C)C)(c2ccccc2)c2ccc(OC)cc2)cc1. The van der Waals surface area contributed by atoms with Gasteiger partial charge in [0.2, 0.25) is 16.6 Å².